The number of nitrogens with one attached hydrogen (secondary N) is 1. The molecule has 3 heterocycles. The van der Waals surface area contributed by atoms with E-state index in [9.17, 15) is 24.3 Å². The van der Waals surface area contributed by atoms with Crippen LogP contribution in [0.25, 0.3) is 0 Å². The molecule has 4 N–H and O–H groups in total. The zero-order valence-corrected chi connectivity index (χ0v) is 17.6. The second kappa shape index (κ2) is 8.31. The van der Waals surface area contributed by atoms with Crippen molar-refractivity contribution in [3.8, 4) is 0 Å². The molecule has 2 unspecified atom stereocenters. The number of β-lactam (4-membered cyclic amide) rings is 1. The van der Waals surface area contributed by atoms with Gasteiger partial charge in [-0.05, 0) is 0 Å². The SMILES string of the molecule is CO/N=C(\C(=O)NC1C(=O)N2C(C(=O)O)=C(OC)CSC12)c1nc(C(C)=O)sc1N. The number of rotatable bonds is 7. The highest BCUT2D eigenvalue weighted by Gasteiger charge is 2.55. The number of aromatic nitrogens is 1. The van der Waals surface area contributed by atoms with Crippen LogP contribution in [-0.4, -0.2) is 75.7 Å². The van der Waals surface area contributed by atoms with Crippen LogP contribution in [0.15, 0.2) is 16.6 Å². The Morgan fingerprint density at radius 3 is 2.60 bits per heavy atom. The van der Waals surface area contributed by atoms with E-state index in [1.165, 1.54) is 32.9 Å². The third-order valence-electron chi connectivity index (χ3n) is 4.25. The molecule has 0 saturated carbocycles. The standard InChI is InChI=1S/C16H17N5O7S2/c1-5(22)13-19-7(11(17)30-13)8(20-28-3)12(23)18-9-14(24)21-10(16(25)26)6(27-2)4-29-15(9)21/h9,15H,4,17H2,1-3H3,(H,18,23)(H,25,26)/b20-8-. The van der Waals surface area contributed by atoms with Gasteiger partial charge < -0.3 is 25.7 Å². The normalized spacial score (nSPS) is 21.0. The molecule has 1 aromatic heterocycles. The minimum absolute atomic E-state index is 0.0442. The first kappa shape index (κ1) is 21.6. The van der Waals surface area contributed by atoms with Gasteiger partial charge in [0, 0.05) is 6.92 Å². The Bertz CT molecular complexity index is 1000. The molecule has 0 bridgehead atoms. The van der Waals surface area contributed by atoms with Crippen molar-refractivity contribution in [1.82, 2.24) is 15.2 Å². The Morgan fingerprint density at radius 1 is 1.37 bits per heavy atom. The molecule has 1 fully saturated rings. The molecule has 160 valence electrons. The van der Waals surface area contributed by atoms with Crippen molar-refractivity contribution in [2.75, 3.05) is 25.7 Å². The number of ether oxygens (including phenoxy) is 1. The quantitative estimate of drug-likeness (QED) is 0.213. The zero-order chi connectivity index (χ0) is 22.2. The molecule has 1 aromatic rings. The first-order chi connectivity index (χ1) is 14.2. The highest BCUT2D eigenvalue weighted by Crippen LogP contribution is 2.40. The lowest BCUT2D eigenvalue weighted by atomic mass is 10.0. The van der Waals surface area contributed by atoms with Crippen molar-refractivity contribution in [2.45, 2.75) is 18.3 Å². The number of carboxylic acids is 1. The number of anilines is 1. The Hall–Kier alpha value is -3.13. The van der Waals surface area contributed by atoms with Crippen LogP contribution in [0.3, 0.4) is 0 Å². The summed E-state index contributed by atoms with van der Waals surface area (Å²) in [6.45, 7) is 1.30. The minimum Gasteiger partial charge on any atom is -0.498 e. The Labute approximate surface area is 178 Å². The number of thiazole rings is 1. The van der Waals surface area contributed by atoms with E-state index in [0.29, 0.717) is 0 Å². The van der Waals surface area contributed by atoms with Gasteiger partial charge in [-0.15, -0.1) is 11.8 Å². The molecule has 0 aromatic carbocycles. The summed E-state index contributed by atoms with van der Waals surface area (Å²) in [4.78, 5) is 58.2. The third-order valence-corrected chi connectivity index (χ3v) is 6.48. The van der Waals surface area contributed by atoms with E-state index in [1.54, 1.807) is 0 Å². The van der Waals surface area contributed by atoms with E-state index in [0.717, 1.165) is 16.2 Å². The fourth-order valence-corrected chi connectivity index (χ4v) is 4.93. The number of aliphatic carboxylic acids is 1. The number of ketones is 1. The van der Waals surface area contributed by atoms with Crippen molar-refractivity contribution in [3.63, 3.8) is 0 Å². The average Bonchev–Trinajstić information content (AvgIpc) is 3.10. The lowest BCUT2D eigenvalue weighted by Gasteiger charge is -2.48. The number of thioether (sulfide) groups is 1. The van der Waals surface area contributed by atoms with Crippen LogP contribution in [0.4, 0.5) is 5.00 Å². The largest absolute Gasteiger partial charge is 0.498 e. The van der Waals surface area contributed by atoms with Crippen molar-refractivity contribution in [2.24, 2.45) is 5.16 Å². The fourth-order valence-electron chi connectivity index (χ4n) is 2.89. The van der Waals surface area contributed by atoms with Gasteiger partial charge in [0.05, 0.1) is 12.9 Å². The summed E-state index contributed by atoms with van der Waals surface area (Å²) in [5.74, 6) is -2.67. The second-order valence-corrected chi connectivity index (χ2v) is 8.19. The molecule has 14 heteroatoms. The molecule has 0 radical (unpaired) electrons. The topological polar surface area (TPSA) is 174 Å². The van der Waals surface area contributed by atoms with Crippen LogP contribution in [0, 0.1) is 0 Å². The first-order valence-corrected chi connectivity index (χ1v) is 10.2. The van der Waals surface area contributed by atoms with Crippen LogP contribution in [0.5, 0.6) is 0 Å². The van der Waals surface area contributed by atoms with Crippen LogP contribution in [-0.2, 0) is 24.0 Å². The molecule has 12 nitrogen and oxygen atoms in total. The molecule has 0 spiro atoms. The van der Waals surface area contributed by atoms with Gasteiger partial charge in [-0.2, -0.15) is 0 Å². The Morgan fingerprint density at radius 2 is 2.07 bits per heavy atom. The van der Waals surface area contributed by atoms with Crippen LogP contribution >= 0.6 is 23.1 Å². The number of nitrogen functional groups attached to an aromatic ring is 1. The summed E-state index contributed by atoms with van der Waals surface area (Å²) in [6, 6.07) is -0.996. The number of amides is 2. The molecule has 3 rings (SSSR count). The first-order valence-electron chi connectivity index (χ1n) is 8.36. The number of hydrogen-bond acceptors (Lipinski definition) is 11. The fraction of sp³-hybridized carbons (Fsp3) is 0.375. The van der Waals surface area contributed by atoms with Gasteiger partial charge >= 0.3 is 5.97 Å². The average molecular weight is 455 g/mol. The molecule has 2 amide bonds. The van der Waals surface area contributed by atoms with Gasteiger partial charge in [-0.3, -0.25) is 19.3 Å². The van der Waals surface area contributed by atoms with E-state index in [4.69, 9.17) is 15.3 Å². The molecule has 1 saturated heterocycles. The summed E-state index contributed by atoms with van der Waals surface area (Å²) < 4.78 is 5.06. The summed E-state index contributed by atoms with van der Waals surface area (Å²) in [6.07, 6.45) is 0. The van der Waals surface area contributed by atoms with Crippen molar-refractivity contribution in [3.05, 3.63) is 22.2 Å². The molecular weight excluding hydrogens is 438 g/mol. The molecule has 2 atom stereocenters. The maximum atomic E-state index is 12.8. The summed E-state index contributed by atoms with van der Waals surface area (Å²) in [5.41, 5.74) is 5.26. The van der Waals surface area contributed by atoms with Gasteiger partial charge in [0.1, 0.15) is 35.0 Å². The number of methoxy groups -OCH3 is 1. The van der Waals surface area contributed by atoms with E-state index < -0.39 is 29.2 Å². The maximum Gasteiger partial charge on any atom is 0.356 e. The number of carboxylic acid groups (broad SMARTS) is 1. The van der Waals surface area contributed by atoms with Crippen LogP contribution in [0.1, 0.15) is 22.4 Å². The summed E-state index contributed by atoms with van der Waals surface area (Å²) >= 11 is 2.14. The summed E-state index contributed by atoms with van der Waals surface area (Å²) in [7, 11) is 2.54. The highest BCUT2D eigenvalue weighted by atomic mass is 32.2. The Kier molecular flexibility index (Phi) is 5.98. The number of nitrogens with two attached hydrogens (primary N) is 1. The molecular formula is C16H17N5O7S2. The van der Waals surface area contributed by atoms with E-state index in [-0.39, 0.29) is 44.4 Å². The van der Waals surface area contributed by atoms with Crippen molar-refractivity contribution < 1.29 is 33.9 Å². The smallest absolute Gasteiger partial charge is 0.356 e. The molecule has 2 aliphatic heterocycles. The van der Waals surface area contributed by atoms with E-state index >= 15 is 0 Å². The Balaban J connectivity index is 1.83. The van der Waals surface area contributed by atoms with E-state index in [2.05, 4.69) is 15.5 Å². The van der Waals surface area contributed by atoms with Gasteiger partial charge in [0.2, 0.25) is 0 Å². The second-order valence-electron chi connectivity index (χ2n) is 6.05. The van der Waals surface area contributed by atoms with E-state index in [1.807, 2.05) is 0 Å². The predicted molar refractivity (Wildman–Crippen MR) is 107 cm³/mol. The van der Waals surface area contributed by atoms with Crippen LogP contribution < -0.4 is 11.1 Å². The number of fused-ring (bicyclic) bond motifs is 1. The molecule has 30 heavy (non-hydrogen) atoms. The number of carbonyl (C=O) groups excluding carboxylic acids is 3. The minimum atomic E-state index is -1.30. The van der Waals surface area contributed by atoms with Gasteiger partial charge in [0.15, 0.2) is 22.2 Å². The number of Topliss-reactive ketones (excluding diaryl/α,β-unsaturated/α-hetero) is 1. The number of carbonyl (C=O) groups is 4. The zero-order valence-electron chi connectivity index (χ0n) is 16.0. The lowest BCUT2D eigenvalue weighted by Crippen LogP contribution is -2.71. The molecule has 0 aliphatic carbocycles. The number of oxime groups is 1. The van der Waals surface area contributed by atoms with Gasteiger partial charge in [-0.25, -0.2) is 9.78 Å². The highest BCUT2D eigenvalue weighted by molar-refractivity contribution is 8.00. The monoisotopic (exact) mass is 455 g/mol. The maximum absolute atomic E-state index is 12.8. The predicted octanol–water partition coefficient (Wildman–Crippen LogP) is -0.379. The van der Waals surface area contributed by atoms with Gasteiger partial charge in [-0.1, -0.05) is 16.5 Å². The lowest BCUT2D eigenvalue weighted by molar-refractivity contribution is -0.150. The summed E-state index contributed by atoms with van der Waals surface area (Å²) in [5, 5.41) is 15.1. The third kappa shape index (κ3) is 3.59. The number of hydrogen-bond donors (Lipinski definition) is 3. The van der Waals surface area contributed by atoms with Gasteiger partial charge in [0.25, 0.3) is 11.8 Å². The molecule has 2 aliphatic rings. The van der Waals surface area contributed by atoms with Crippen molar-refractivity contribution in [1.29, 1.82) is 0 Å². The van der Waals surface area contributed by atoms with Crippen LogP contribution in [0.2, 0.25) is 0 Å². The van der Waals surface area contributed by atoms with Crippen molar-refractivity contribution >= 4 is 57.4 Å². The number of nitrogens with zero attached hydrogens (tertiary/aromatic N) is 3.